The van der Waals surface area contributed by atoms with Crippen LogP contribution in [-0.2, 0) is 9.63 Å². The molecule has 0 radical (unpaired) electrons. The lowest BCUT2D eigenvalue weighted by atomic mass is 9.82. The van der Waals surface area contributed by atoms with Crippen LogP contribution in [0.1, 0.15) is 114 Å². The zero-order chi connectivity index (χ0) is 21.8. The van der Waals surface area contributed by atoms with Gasteiger partial charge in [-0.05, 0) is 54.8 Å². The van der Waals surface area contributed by atoms with Crippen LogP contribution in [0, 0.1) is 16.2 Å². The summed E-state index contributed by atoms with van der Waals surface area (Å²) in [5.74, 6) is 0.153. The molecule has 1 amide bonds. The number of amides is 1. The third-order valence-corrected chi connectivity index (χ3v) is 4.23. The molecule has 0 aromatic carbocycles. The van der Waals surface area contributed by atoms with Gasteiger partial charge in [-0.25, -0.2) is 0 Å². The Morgan fingerprint density at radius 2 is 1.36 bits per heavy atom. The van der Waals surface area contributed by atoms with Crippen LogP contribution in [0.15, 0.2) is 5.16 Å². The predicted octanol–water partition coefficient (Wildman–Crippen LogP) is 6.73. The first-order chi connectivity index (χ1) is 12.7. The SMILES string of the molecule is CC(C)(C)CCCCNC(=O)CCCCON=C(CC(C)(C)C)CC(C)(C)C. The summed E-state index contributed by atoms with van der Waals surface area (Å²) in [6, 6.07) is 0. The predicted molar refractivity (Wildman–Crippen MR) is 122 cm³/mol. The van der Waals surface area contributed by atoms with Gasteiger partial charge in [0.1, 0.15) is 6.61 Å². The molecule has 0 aromatic rings. The van der Waals surface area contributed by atoms with Crippen molar-refractivity contribution in [1.82, 2.24) is 5.32 Å². The fraction of sp³-hybridized carbons (Fsp3) is 0.917. The molecule has 28 heavy (non-hydrogen) atoms. The maximum atomic E-state index is 11.9. The molecule has 0 aliphatic heterocycles. The van der Waals surface area contributed by atoms with Gasteiger partial charge in [0, 0.05) is 13.0 Å². The van der Waals surface area contributed by atoms with Gasteiger partial charge in [-0.15, -0.1) is 0 Å². The van der Waals surface area contributed by atoms with E-state index in [4.69, 9.17) is 4.84 Å². The van der Waals surface area contributed by atoms with E-state index in [0.29, 0.717) is 18.4 Å². The molecule has 0 spiro atoms. The third-order valence-electron chi connectivity index (χ3n) is 4.23. The van der Waals surface area contributed by atoms with Crippen molar-refractivity contribution in [2.75, 3.05) is 13.2 Å². The highest BCUT2D eigenvalue weighted by Gasteiger charge is 2.20. The Hall–Kier alpha value is -1.06. The molecule has 0 unspecified atom stereocenters. The van der Waals surface area contributed by atoms with Crippen molar-refractivity contribution in [2.24, 2.45) is 21.4 Å². The molecule has 0 saturated heterocycles. The minimum atomic E-state index is 0.153. The van der Waals surface area contributed by atoms with Crippen LogP contribution < -0.4 is 5.32 Å². The molecule has 1 N–H and O–H groups in total. The number of carbonyl (C=O) groups is 1. The van der Waals surface area contributed by atoms with E-state index in [1.807, 2.05) is 0 Å². The molecule has 0 aliphatic rings. The van der Waals surface area contributed by atoms with E-state index in [0.717, 1.165) is 44.4 Å². The average molecular weight is 397 g/mol. The van der Waals surface area contributed by atoms with Crippen LogP contribution in [0.5, 0.6) is 0 Å². The molecule has 0 aromatic heterocycles. The molecule has 166 valence electrons. The topological polar surface area (TPSA) is 50.7 Å². The number of nitrogens with one attached hydrogen (secondary N) is 1. The van der Waals surface area contributed by atoms with Crippen LogP contribution in [0.2, 0.25) is 0 Å². The van der Waals surface area contributed by atoms with Gasteiger partial charge in [0.05, 0.1) is 5.71 Å². The Morgan fingerprint density at radius 1 is 0.786 bits per heavy atom. The zero-order valence-corrected chi connectivity index (χ0v) is 20.3. The second kappa shape index (κ2) is 12.5. The minimum Gasteiger partial charge on any atom is -0.396 e. The van der Waals surface area contributed by atoms with Crippen molar-refractivity contribution in [3.63, 3.8) is 0 Å². The molecule has 0 heterocycles. The standard InChI is InChI=1S/C24H48N2O2/c1-22(2,3)15-11-12-16-25-21(27)14-10-13-17-28-26-20(18-23(4,5)6)19-24(7,8)9/h10-19H2,1-9H3,(H,25,27). The van der Waals surface area contributed by atoms with Crippen molar-refractivity contribution < 1.29 is 9.63 Å². The summed E-state index contributed by atoms with van der Waals surface area (Å²) >= 11 is 0. The first-order valence-corrected chi connectivity index (χ1v) is 11.1. The first-order valence-electron chi connectivity index (χ1n) is 11.1. The minimum absolute atomic E-state index is 0.153. The summed E-state index contributed by atoms with van der Waals surface area (Å²) in [4.78, 5) is 17.4. The Labute approximate surface area is 175 Å². The molecule has 0 fully saturated rings. The lowest BCUT2D eigenvalue weighted by Crippen LogP contribution is -2.24. The Balaban J connectivity index is 3.96. The van der Waals surface area contributed by atoms with Crippen molar-refractivity contribution in [3.05, 3.63) is 0 Å². The zero-order valence-electron chi connectivity index (χ0n) is 20.3. The van der Waals surface area contributed by atoms with Gasteiger partial charge < -0.3 is 10.2 Å². The summed E-state index contributed by atoms with van der Waals surface area (Å²) < 4.78 is 0. The molecule has 0 rings (SSSR count). The Bertz CT molecular complexity index is 444. The second-order valence-corrected chi connectivity index (χ2v) is 11.8. The van der Waals surface area contributed by atoms with E-state index in [1.165, 1.54) is 12.8 Å². The second-order valence-electron chi connectivity index (χ2n) is 11.8. The fourth-order valence-electron chi connectivity index (χ4n) is 3.04. The van der Waals surface area contributed by atoms with Gasteiger partial charge in [-0.2, -0.15) is 0 Å². The number of unbranched alkanes of at least 4 members (excludes halogenated alkanes) is 2. The van der Waals surface area contributed by atoms with Crippen LogP contribution in [0.4, 0.5) is 0 Å². The molecular formula is C24H48N2O2. The van der Waals surface area contributed by atoms with E-state index in [2.05, 4.69) is 72.8 Å². The molecule has 4 heteroatoms. The highest BCUT2D eigenvalue weighted by molar-refractivity contribution is 5.85. The lowest BCUT2D eigenvalue weighted by Gasteiger charge is -2.24. The largest absolute Gasteiger partial charge is 0.396 e. The summed E-state index contributed by atoms with van der Waals surface area (Å²) in [5, 5.41) is 7.44. The highest BCUT2D eigenvalue weighted by Crippen LogP contribution is 2.27. The Morgan fingerprint density at radius 3 is 1.86 bits per heavy atom. The van der Waals surface area contributed by atoms with Gasteiger partial charge in [-0.3, -0.25) is 4.79 Å². The summed E-state index contributed by atoms with van der Waals surface area (Å²) in [6.07, 6.45) is 7.60. The fourth-order valence-corrected chi connectivity index (χ4v) is 3.04. The van der Waals surface area contributed by atoms with Gasteiger partial charge in [0.15, 0.2) is 0 Å². The maximum Gasteiger partial charge on any atom is 0.219 e. The molecular weight excluding hydrogens is 348 g/mol. The van der Waals surface area contributed by atoms with Crippen molar-refractivity contribution in [3.8, 4) is 0 Å². The van der Waals surface area contributed by atoms with Gasteiger partial charge in [-0.1, -0.05) is 73.9 Å². The number of hydrogen-bond acceptors (Lipinski definition) is 3. The lowest BCUT2D eigenvalue weighted by molar-refractivity contribution is -0.121. The van der Waals surface area contributed by atoms with Gasteiger partial charge in [0.25, 0.3) is 0 Å². The van der Waals surface area contributed by atoms with E-state index >= 15 is 0 Å². The summed E-state index contributed by atoms with van der Waals surface area (Å²) in [6.45, 7) is 21.5. The smallest absolute Gasteiger partial charge is 0.219 e. The number of hydrogen-bond donors (Lipinski definition) is 1. The first kappa shape index (κ1) is 26.9. The van der Waals surface area contributed by atoms with Crippen molar-refractivity contribution in [2.45, 2.75) is 114 Å². The number of nitrogens with zero attached hydrogens (tertiary/aromatic N) is 1. The number of oxime groups is 1. The molecule has 4 nitrogen and oxygen atoms in total. The summed E-state index contributed by atoms with van der Waals surface area (Å²) in [7, 11) is 0. The molecule has 0 bridgehead atoms. The Kier molecular flexibility index (Phi) is 12.0. The van der Waals surface area contributed by atoms with E-state index in [1.54, 1.807) is 0 Å². The van der Waals surface area contributed by atoms with Crippen LogP contribution >= 0.6 is 0 Å². The van der Waals surface area contributed by atoms with E-state index in [-0.39, 0.29) is 16.7 Å². The van der Waals surface area contributed by atoms with E-state index < -0.39 is 0 Å². The molecule has 0 saturated carbocycles. The highest BCUT2D eigenvalue weighted by atomic mass is 16.6. The monoisotopic (exact) mass is 396 g/mol. The van der Waals surface area contributed by atoms with Crippen LogP contribution in [-0.4, -0.2) is 24.8 Å². The normalized spacial score (nSPS) is 12.6. The van der Waals surface area contributed by atoms with Gasteiger partial charge >= 0.3 is 0 Å². The number of rotatable bonds is 12. The van der Waals surface area contributed by atoms with Crippen LogP contribution in [0.25, 0.3) is 0 Å². The van der Waals surface area contributed by atoms with E-state index in [9.17, 15) is 4.79 Å². The average Bonchev–Trinajstić information content (AvgIpc) is 2.45. The van der Waals surface area contributed by atoms with Gasteiger partial charge in [0.2, 0.25) is 5.91 Å². The molecule has 0 aliphatic carbocycles. The van der Waals surface area contributed by atoms with Crippen molar-refractivity contribution >= 4 is 11.6 Å². The maximum absolute atomic E-state index is 11.9. The van der Waals surface area contributed by atoms with Crippen molar-refractivity contribution in [1.29, 1.82) is 0 Å². The third kappa shape index (κ3) is 19.7. The van der Waals surface area contributed by atoms with Crippen LogP contribution in [0.3, 0.4) is 0 Å². The number of carbonyl (C=O) groups excluding carboxylic acids is 1. The summed E-state index contributed by atoms with van der Waals surface area (Å²) in [5.41, 5.74) is 1.93. The quantitative estimate of drug-likeness (QED) is 0.226. The molecule has 0 atom stereocenters.